The van der Waals surface area contributed by atoms with Gasteiger partial charge in [-0.3, -0.25) is 4.79 Å². The first-order valence-corrected chi connectivity index (χ1v) is 9.25. The Balaban J connectivity index is 1.56. The van der Waals surface area contributed by atoms with E-state index >= 15 is 0 Å². The number of carbonyl (C=O) groups is 1. The summed E-state index contributed by atoms with van der Waals surface area (Å²) in [4.78, 5) is 27.0. The molecule has 1 aliphatic heterocycles. The number of carbonyl (C=O) groups excluding carboxylic acids is 1. The van der Waals surface area contributed by atoms with E-state index in [0.717, 1.165) is 16.8 Å². The van der Waals surface area contributed by atoms with E-state index in [-0.39, 0.29) is 5.75 Å². The fourth-order valence-corrected chi connectivity index (χ4v) is 3.20. The lowest BCUT2D eigenvalue weighted by atomic mass is 10.0. The number of nitrogens with zero attached hydrogens (tertiary/aromatic N) is 4. The van der Waals surface area contributed by atoms with Crippen molar-refractivity contribution in [3.8, 4) is 5.75 Å². The van der Waals surface area contributed by atoms with Crippen molar-refractivity contribution < 1.29 is 18.9 Å². The minimum absolute atomic E-state index is 0.0765. The van der Waals surface area contributed by atoms with Crippen LogP contribution in [-0.2, 0) is 4.79 Å². The van der Waals surface area contributed by atoms with E-state index in [1.807, 2.05) is 31.2 Å². The van der Waals surface area contributed by atoms with Gasteiger partial charge in [-0.1, -0.05) is 29.8 Å². The topological polar surface area (TPSA) is 111 Å². The van der Waals surface area contributed by atoms with Gasteiger partial charge < -0.3 is 19.3 Å². The molecule has 152 valence electrons. The minimum Gasteiger partial charge on any atom is -0.475 e. The van der Waals surface area contributed by atoms with Crippen LogP contribution in [0.25, 0.3) is 0 Å². The normalized spacial score (nSPS) is 15.7. The lowest BCUT2D eigenvalue weighted by Gasteiger charge is -2.19. The van der Waals surface area contributed by atoms with Crippen molar-refractivity contribution >= 4 is 17.4 Å². The third kappa shape index (κ3) is 3.90. The third-order valence-corrected chi connectivity index (χ3v) is 4.70. The number of nitro groups is 1. The predicted octanol–water partition coefficient (Wildman–Crippen LogP) is 3.65. The van der Waals surface area contributed by atoms with Crippen molar-refractivity contribution in [1.82, 2.24) is 9.99 Å². The summed E-state index contributed by atoms with van der Waals surface area (Å²) >= 11 is 0. The molecular formula is C21H18N4O5. The first kappa shape index (κ1) is 19.3. The number of benzene rings is 1. The molecule has 9 heteroatoms. The molecule has 3 aromatic rings. The molecule has 9 nitrogen and oxygen atoms in total. The molecule has 0 bridgehead atoms. The summed E-state index contributed by atoms with van der Waals surface area (Å²) in [6.07, 6.45) is 3.31. The molecule has 0 spiro atoms. The number of ether oxygens (including phenoxy) is 1. The largest absolute Gasteiger partial charge is 0.475 e. The van der Waals surface area contributed by atoms with Gasteiger partial charge in [-0.15, -0.1) is 0 Å². The van der Waals surface area contributed by atoms with Crippen LogP contribution in [0.2, 0.25) is 0 Å². The van der Waals surface area contributed by atoms with E-state index in [9.17, 15) is 14.9 Å². The van der Waals surface area contributed by atoms with E-state index in [0.29, 0.717) is 12.2 Å². The number of aromatic nitrogens is 1. The van der Waals surface area contributed by atoms with Gasteiger partial charge in [-0.25, -0.2) is 5.01 Å². The Morgan fingerprint density at radius 2 is 2.07 bits per heavy atom. The molecular weight excluding hydrogens is 388 g/mol. The molecule has 0 radical (unpaired) electrons. The van der Waals surface area contributed by atoms with Crippen LogP contribution in [-0.4, -0.2) is 33.1 Å². The number of hydrogen-bond donors (Lipinski definition) is 0. The van der Waals surface area contributed by atoms with E-state index in [4.69, 9.17) is 9.15 Å². The number of furan rings is 1. The van der Waals surface area contributed by atoms with Gasteiger partial charge in [0.05, 0.1) is 12.0 Å². The van der Waals surface area contributed by atoms with Crippen LogP contribution < -0.4 is 4.74 Å². The Kier molecular flexibility index (Phi) is 5.25. The second-order valence-corrected chi connectivity index (χ2v) is 6.76. The van der Waals surface area contributed by atoms with E-state index in [2.05, 4.69) is 10.1 Å². The summed E-state index contributed by atoms with van der Waals surface area (Å²) in [7, 11) is 0. The van der Waals surface area contributed by atoms with Crippen LogP contribution in [0, 0.1) is 17.0 Å². The Labute approximate surface area is 171 Å². The van der Waals surface area contributed by atoms with Crippen molar-refractivity contribution in [3.05, 3.63) is 88.0 Å². The zero-order valence-electron chi connectivity index (χ0n) is 16.1. The first-order valence-electron chi connectivity index (χ1n) is 9.25. The maximum atomic E-state index is 12.9. The SMILES string of the molecule is Cc1ccc(C2=NN(C(=O)COc3cccnc3[N+](=O)[O-])[C@H](c3ccco3)C2)cc1. The quantitative estimate of drug-likeness (QED) is 0.456. The molecule has 4 rings (SSSR count). The highest BCUT2D eigenvalue weighted by Crippen LogP contribution is 2.33. The monoisotopic (exact) mass is 406 g/mol. The second-order valence-electron chi connectivity index (χ2n) is 6.76. The van der Waals surface area contributed by atoms with Crippen molar-refractivity contribution in [1.29, 1.82) is 0 Å². The van der Waals surface area contributed by atoms with Crippen molar-refractivity contribution in [2.24, 2.45) is 5.10 Å². The van der Waals surface area contributed by atoms with Crippen LogP contribution in [0.3, 0.4) is 0 Å². The third-order valence-electron chi connectivity index (χ3n) is 4.70. The van der Waals surface area contributed by atoms with E-state index in [1.54, 1.807) is 12.1 Å². The fourth-order valence-electron chi connectivity index (χ4n) is 3.20. The minimum atomic E-state index is -0.658. The van der Waals surface area contributed by atoms with Crippen molar-refractivity contribution in [3.63, 3.8) is 0 Å². The molecule has 1 aromatic carbocycles. The Hall–Kier alpha value is -4.01. The van der Waals surface area contributed by atoms with Crippen LogP contribution in [0.4, 0.5) is 5.82 Å². The number of amides is 1. The van der Waals surface area contributed by atoms with Gasteiger partial charge in [-0.05, 0) is 46.7 Å². The highest BCUT2D eigenvalue weighted by atomic mass is 16.6. The van der Waals surface area contributed by atoms with Gasteiger partial charge >= 0.3 is 5.82 Å². The molecule has 0 unspecified atom stereocenters. The molecule has 0 saturated heterocycles. The molecule has 0 N–H and O–H groups in total. The van der Waals surface area contributed by atoms with Crippen molar-refractivity contribution in [2.75, 3.05) is 6.61 Å². The van der Waals surface area contributed by atoms with Gasteiger partial charge in [0.2, 0.25) is 5.75 Å². The Morgan fingerprint density at radius 1 is 1.27 bits per heavy atom. The molecule has 1 aliphatic rings. The molecule has 0 saturated carbocycles. The van der Waals surface area contributed by atoms with Crippen LogP contribution in [0.1, 0.15) is 29.3 Å². The number of hydrogen-bond acceptors (Lipinski definition) is 7. The predicted molar refractivity (Wildman–Crippen MR) is 107 cm³/mol. The lowest BCUT2D eigenvalue weighted by molar-refractivity contribution is -0.390. The average Bonchev–Trinajstić information content (AvgIpc) is 3.42. The number of rotatable bonds is 6. The van der Waals surface area contributed by atoms with Crippen LogP contribution in [0.15, 0.2) is 70.5 Å². The molecule has 0 fully saturated rings. The van der Waals surface area contributed by atoms with Crippen LogP contribution >= 0.6 is 0 Å². The number of aryl methyl sites for hydroxylation is 1. The zero-order valence-corrected chi connectivity index (χ0v) is 16.1. The standard InChI is InChI=1S/C21H18N4O5/c1-14-6-8-15(9-7-14)16-12-17(18-5-3-11-29-18)24(23-16)20(26)13-30-19-4-2-10-22-21(19)25(27)28/h2-11,17H,12-13H2,1H3/t17-/m0/s1. The Morgan fingerprint density at radius 3 is 2.77 bits per heavy atom. The van der Waals surface area contributed by atoms with E-state index in [1.165, 1.54) is 29.6 Å². The molecule has 1 amide bonds. The summed E-state index contributed by atoms with van der Waals surface area (Å²) in [5, 5.41) is 16.9. The van der Waals surface area contributed by atoms with Gasteiger partial charge in [-0.2, -0.15) is 5.10 Å². The average molecular weight is 406 g/mol. The van der Waals surface area contributed by atoms with Gasteiger partial charge in [0.15, 0.2) is 6.61 Å². The highest BCUT2D eigenvalue weighted by molar-refractivity contribution is 6.03. The maximum absolute atomic E-state index is 12.9. The summed E-state index contributed by atoms with van der Waals surface area (Å²) in [5.74, 6) is -0.372. The summed E-state index contributed by atoms with van der Waals surface area (Å²) in [5.41, 5.74) is 2.78. The lowest BCUT2D eigenvalue weighted by Crippen LogP contribution is -2.31. The molecule has 1 atom stereocenters. The molecule has 2 aromatic heterocycles. The second kappa shape index (κ2) is 8.16. The van der Waals surface area contributed by atoms with Crippen molar-refractivity contribution in [2.45, 2.75) is 19.4 Å². The summed E-state index contributed by atoms with van der Waals surface area (Å²) < 4.78 is 10.9. The van der Waals surface area contributed by atoms with Gasteiger partial charge in [0, 0.05) is 6.42 Å². The smallest absolute Gasteiger partial charge is 0.406 e. The first-order chi connectivity index (χ1) is 14.5. The van der Waals surface area contributed by atoms with Crippen LogP contribution in [0.5, 0.6) is 5.75 Å². The molecule has 0 aliphatic carbocycles. The molecule has 3 heterocycles. The Bertz CT molecular complexity index is 1090. The highest BCUT2D eigenvalue weighted by Gasteiger charge is 2.35. The summed E-state index contributed by atoms with van der Waals surface area (Å²) in [6, 6.07) is 13.9. The number of pyridine rings is 1. The van der Waals surface area contributed by atoms with Gasteiger partial charge in [0.25, 0.3) is 5.91 Å². The van der Waals surface area contributed by atoms with E-state index < -0.39 is 29.3 Å². The fraction of sp³-hybridized carbons (Fsp3) is 0.190. The molecule has 30 heavy (non-hydrogen) atoms. The maximum Gasteiger partial charge on any atom is 0.406 e. The summed E-state index contributed by atoms with van der Waals surface area (Å²) in [6.45, 7) is 1.57. The van der Waals surface area contributed by atoms with Gasteiger partial charge in [0.1, 0.15) is 18.0 Å². The zero-order chi connectivity index (χ0) is 21.1. The number of hydrazone groups is 1.